The Bertz CT molecular complexity index is 303. The Morgan fingerprint density at radius 3 is 2.92 bits per heavy atom. The van der Waals surface area contributed by atoms with Gasteiger partial charge in [-0.15, -0.1) is 0 Å². The van der Waals surface area contributed by atoms with Crippen LogP contribution in [0, 0.1) is 11.5 Å². The van der Waals surface area contributed by atoms with E-state index in [1.165, 1.54) is 4.36 Å². The van der Waals surface area contributed by atoms with Crippen LogP contribution in [-0.4, -0.2) is 14.7 Å². The van der Waals surface area contributed by atoms with Gasteiger partial charge in [0, 0.05) is 0 Å². The van der Waals surface area contributed by atoms with Gasteiger partial charge in [0.25, 0.3) is 0 Å². The van der Waals surface area contributed by atoms with Crippen molar-refractivity contribution in [3.63, 3.8) is 0 Å². The third kappa shape index (κ3) is 1.49. The zero-order valence-corrected chi connectivity index (χ0v) is 9.29. The first-order valence-corrected chi connectivity index (χ1v) is 7.26. The van der Waals surface area contributed by atoms with Gasteiger partial charge >= 0.3 is 78.4 Å². The maximum absolute atomic E-state index is 3.55. The molecule has 2 aliphatic rings. The summed E-state index contributed by atoms with van der Waals surface area (Å²) in [5.74, 6) is 0. The Labute approximate surface area is 78.6 Å². The Balaban J connectivity index is 2.36. The molecule has 0 aromatic rings. The van der Waals surface area contributed by atoms with E-state index in [0.29, 0.717) is 0 Å². The topological polar surface area (TPSA) is 0 Å². The second-order valence-corrected chi connectivity index (χ2v) is 7.63. The minimum absolute atomic E-state index is 0.149. The van der Waals surface area contributed by atoms with Gasteiger partial charge in [-0.05, 0) is 0 Å². The van der Waals surface area contributed by atoms with E-state index in [-0.39, 0.29) is 5.41 Å². The van der Waals surface area contributed by atoms with Gasteiger partial charge in [-0.1, -0.05) is 0 Å². The molecule has 0 saturated heterocycles. The van der Waals surface area contributed by atoms with Gasteiger partial charge in [0.1, 0.15) is 0 Å². The summed E-state index contributed by atoms with van der Waals surface area (Å²) < 4.78 is 1.46. The van der Waals surface area contributed by atoms with Crippen molar-refractivity contribution in [2.24, 2.45) is 5.41 Å². The molecule has 61 valence electrons. The summed E-state index contributed by atoms with van der Waals surface area (Å²) in [6.07, 6.45) is 12.3. The first-order chi connectivity index (χ1) is 5.67. The molecule has 0 bridgehead atoms. The first kappa shape index (κ1) is 8.13. The number of hydrogen-bond donors (Lipinski definition) is 0. The summed E-state index contributed by atoms with van der Waals surface area (Å²) in [6, 6.07) is 0. The molecule has 2 heterocycles. The summed E-state index contributed by atoms with van der Waals surface area (Å²) >= 11 is -0.925. The van der Waals surface area contributed by atoms with Crippen LogP contribution in [0.15, 0.2) is 38.4 Å². The maximum atomic E-state index is 3.55. The van der Waals surface area contributed by atoms with E-state index >= 15 is 0 Å². The molecule has 0 amide bonds. The Morgan fingerprint density at radius 1 is 1.25 bits per heavy atom. The van der Waals surface area contributed by atoms with Crippen molar-refractivity contribution in [3.05, 3.63) is 44.5 Å². The summed E-state index contributed by atoms with van der Waals surface area (Å²) in [5.41, 5.74) is 0.149. The Hall–Kier alpha value is -0.482. The standard InChI is InChI=1S/C11H12As/c1-11(2)6-8-12-7-4-3-5-10(12)9-11/h3-8H,1-2H3. The van der Waals surface area contributed by atoms with Gasteiger partial charge in [-0.25, -0.2) is 0 Å². The zero-order chi connectivity index (χ0) is 8.60. The van der Waals surface area contributed by atoms with E-state index in [9.17, 15) is 0 Å². The van der Waals surface area contributed by atoms with E-state index in [1.54, 1.807) is 0 Å². The van der Waals surface area contributed by atoms with Crippen molar-refractivity contribution >= 4 is 14.7 Å². The van der Waals surface area contributed by atoms with Crippen molar-refractivity contribution in [1.82, 2.24) is 0 Å². The number of hydrogen-bond acceptors (Lipinski definition) is 0. The van der Waals surface area contributed by atoms with Crippen LogP contribution >= 0.6 is 0 Å². The summed E-state index contributed by atoms with van der Waals surface area (Å²) in [6.45, 7) is 4.41. The van der Waals surface area contributed by atoms with Crippen LogP contribution < -0.4 is 0 Å². The van der Waals surface area contributed by atoms with Gasteiger partial charge in [0.15, 0.2) is 0 Å². The van der Waals surface area contributed by atoms with Crippen LogP contribution in [0.5, 0.6) is 0 Å². The van der Waals surface area contributed by atoms with Crippen LogP contribution in [0.2, 0.25) is 0 Å². The predicted molar refractivity (Wildman–Crippen MR) is 53.7 cm³/mol. The second kappa shape index (κ2) is 2.78. The molecule has 2 aliphatic heterocycles. The third-order valence-corrected chi connectivity index (χ3v) is 5.73. The molecule has 0 saturated carbocycles. The zero-order valence-electron chi connectivity index (χ0n) is 7.41. The first-order valence-electron chi connectivity index (χ1n) is 4.15. The van der Waals surface area contributed by atoms with Crippen molar-refractivity contribution in [1.29, 1.82) is 0 Å². The molecular weight excluding hydrogens is 207 g/mol. The average Bonchev–Trinajstić information content (AvgIpc) is 2.02. The molecule has 0 fully saturated rings. The van der Waals surface area contributed by atoms with Crippen LogP contribution in [0.25, 0.3) is 0 Å². The quantitative estimate of drug-likeness (QED) is 0.549. The van der Waals surface area contributed by atoms with Gasteiger partial charge in [0.05, 0.1) is 0 Å². The molecule has 0 spiro atoms. The van der Waals surface area contributed by atoms with Gasteiger partial charge in [-0.2, -0.15) is 0 Å². The van der Waals surface area contributed by atoms with Crippen molar-refractivity contribution in [3.8, 4) is 0 Å². The predicted octanol–water partition coefficient (Wildman–Crippen LogP) is 2.55. The summed E-state index contributed by atoms with van der Waals surface area (Å²) in [5, 5.41) is 0. The SMILES string of the molecule is CC1(C)[C]=C2C=CC=C[As]2C=C1. The van der Waals surface area contributed by atoms with Crippen LogP contribution in [-0.2, 0) is 0 Å². The van der Waals surface area contributed by atoms with Crippen molar-refractivity contribution < 1.29 is 0 Å². The van der Waals surface area contributed by atoms with Gasteiger partial charge in [0.2, 0.25) is 0 Å². The molecule has 1 unspecified atom stereocenters. The van der Waals surface area contributed by atoms with Crippen molar-refractivity contribution in [2.45, 2.75) is 13.8 Å². The third-order valence-electron chi connectivity index (χ3n) is 1.99. The van der Waals surface area contributed by atoms with E-state index < -0.39 is 14.7 Å². The average molecular weight is 219 g/mol. The number of fused-ring (bicyclic) bond motifs is 1. The second-order valence-electron chi connectivity index (χ2n) is 3.66. The summed E-state index contributed by atoms with van der Waals surface area (Å²) in [7, 11) is 0. The minimum atomic E-state index is -0.925. The fourth-order valence-corrected chi connectivity index (χ4v) is 5.35. The molecular formula is C11H12As. The molecule has 0 nitrogen and oxygen atoms in total. The van der Waals surface area contributed by atoms with E-state index in [1.807, 2.05) is 0 Å². The van der Waals surface area contributed by atoms with Gasteiger partial charge in [-0.3, -0.25) is 0 Å². The van der Waals surface area contributed by atoms with Crippen LogP contribution in [0.1, 0.15) is 13.8 Å². The molecule has 0 N–H and O–H groups in total. The molecule has 1 radical (unpaired) electrons. The van der Waals surface area contributed by atoms with Crippen LogP contribution in [0.4, 0.5) is 0 Å². The van der Waals surface area contributed by atoms with Crippen LogP contribution in [0.3, 0.4) is 0 Å². The normalized spacial score (nSPS) is 29.8. The Morgan fingerprint density at radius 2 is 2.08 bits per heavy atom. The van der Waals surface area contributed by atoms with Gasteiger partial charge < -0.3 is 0 Å². The molecule has 12 heavy (non-hydrogen) atoms. The molecule has 0 aliphatic carbocycles. The molecule has 2 rings (SSSR count). The number of rotatable bonds is 0. The number of allylic oxidation sites excluding steroid dienone is 6. The monoisotopic (exact) mass is 219 g/mol. The van der Waals surface area contributed by atoms with E-state index in [2.05, 4.69) is 54.0 Å². The molecule has 0 aromatic carbocycles. The fourth-order valence-electron chi connectivity index (χ4n) is 1.33. The fraction of sp³-hybridized carbons (Fsp3) is 0.273. The molecule has 0 aromatic heterocycles. The van der Waals surface area contributed by atoms with E-state index in [4.69, 9.17) is 0 Å². The molecule has 1 atom stereocenters. The van der Waals surface area contributed by atoms with E-state index in [0.717, 1.165) is 0 Å². The summed E-state index contributed by atoms with van der Waals surface area (Å²) in [4.78, 5) is 4.75. The Kier molecular flexibility index (Phi) is 1.88. The van der Waals surface area contributed by atoms with Crippen molar-refractivity contribution in [2.75, 3.05) is 0 Å². The molecule has 1 heteroatoms.